The quantitative estimate of drug-likeness (QED) is 0.507. The van der Waals surface area contributed by atoms with Gasteiger partial charge in [0.15, 0.2) is 13.2 Å². The van der Waals surface area contributed by atoms with Gasteiger partial charge in [-0.25, -0.2) is 4.79 Å². The lowest BCUT2D eigenvalue weighted by molar-refractivity contribution is -0.153. The van der Waals surface area contributed by atoms with Gasteiger partial charge in [-0.15, -0.1) is 0 Å². The fourth-order valence-corrected chi connectivity index (χ4v) is 3.02. The molecule has 3 aromatic carbocycles. The van der Waals surface area contributed by atoms with Gasteiger partial charge in [-0.05, 0) is 30.7 Å². The molecule has 0 aliphatic carbocycles. The summed E-state index contributed by atoms with van der Waals surface area (Å²) in [7, 11) is 1.47. The molecular weight excluding hydrogens is 420 g/mol. The van der Waals surface area contributed by atoms with Crippen molar-refractivity contribution in [2.75, 3.05) is 32.1 Å². The number of ether oxygens (including phenoxy) is 2. The van der Waals surface area contributed by atoms with Gasteiger partial charge in [0.05, 0.1) is 6.54 Å². The number of amides is 2. The molecule has 2 amide bonds. The number of nitrogens with zero attached hydrogens (tertiary/aromatic N) is 1. The van der Waals surface area contributed by atoms with Crippen molar-refractivity contribution >= 4 is 23.5 Å². The highest BCUT2D eigenvalue weighted by molar-refractivity contribution is 5.94. The van der Waals surface area contributed by atoms with E-state index in [0.717, 1.165) is 16.7 Å². The van der Waals surface area contributed by atoms with Crippen molar-refractivity contribution in [3.8, 4) is 16.9 Å². The van der Waals surface area contributed by atoms with Gasteiger partial charge in [0, 0.05) is 18.3 Å². The smallest absolute Gasteiger partial charge is 0.344 e. The van der Waals surface area contributed by atoms with Crippen molar-refractivity contribution in [1.82, 2.24) is 4.90 Å². The number of benzene rings is 3. The molecule has 3 aromatic rings. The Morgan fingerprint density at radius 1 is 0.848 bits per heavy atom. The molecule has 0 aliphatic rings. The average Bonchev–Trinajstić information content (AvgIpc) is 2.83. The van der Waals surface area contributed by atoms with Crippen LogP contribution < -0.4 is 10.1 Å². The number of esters is 1. The average molecular weight is 447 g/mol. The SMILES string of the molecule is Cc1ccc(NC(=O)CN(C)C(=O)COC(=O)COc2ccccc2-c2ccccc2)cc1. The summed E-state index contributed by atoms with van der Waals surface area (Å²) in [6, 6.07) is 24.3. The Morgan fingerprint density at radius 2 is 1.52 bits per heavy atom. The third-order valence-corrected chi connectivity index (χ3v) is 4.82. The number of carbonyl (C=O) groups is 3. The zero-order valence-corrected chi connectivity index (χ0v) is 18.6. The molecule has 33 heavy (non-hydrogen) atoms. The first-order valence-electron chi connectivity index (χ1n) is 10.5. The Hall–Kier alpha value is -4.13. The lowest BCUT2D eigenvalue weighted by Gasteiger charge is -2.17. The molecule has 170 valence electrons. The highest BCUT2D eigenvalue weighted by Crippen LogP contribution is 2.29. The first-order chi connectivity index (χ1) is 15.9. The number of hydrogen-bond acceptors (Lipinski definition) is 5. The van der Waals surface area contributed by atoms with Crippen LogP contribution in [0.4, 0.5) is 5.69 Å². The standard InChI is InChI=1S/C26H26N2O5/c1-19-12-14-21(15-13-19)27-24(29)16-28(2)25(30)17-33-26(31)18-32-23-11-7-6-10-22(23)20-8-4-3-5-9-20/h3-15H,16-18H2,1-2H3,(H,27,29). The summed E-state index contributed by atoms with van der Waals surface area (Å²) in [5, 5.41) is 2.72. The second kappa shape index (κ2) is 11.5. The minimum Gasteiger partial charge on any atom is -0.481 e. The summed E-state index contributed by atoms with van der Waals surface area (Å²) < 4.78 is 10.6. The molecule has 0 aliphatic heterocycles. The second-order valence-electron chi connectivity index (χ2n) is 7.48. The van der Waals surface area contributed by atoms with Crippen molar-refractivity contribution < 1.29 is 23.9 Å². The van der Waals surface area contributed by atoms with Crippen LogP contribution in [0.3, 0.4) is 0 Å². The van der Waals surface area contributed by atoms with E-state index in [0.29, 0.717) is 11.4 Å². The molecule has 0 bridgehead atoms. The normalized spacial score (nSPS) is 10.2. The van der Waals surface area contributed by atoms with Crippen LogP contribution in [0, 0.1) is 6.92 Å². The van der Waals surface area contributed by atoms with Crippen molar-refractivity contribution in [3.63, 3.8) is 0 Å². The second-order valence-corrected chi connectivity index (χ2v) is 7.48. The first-order valence-corrected chi connectivity index (χ1v) is 10.5. The van der Waals surface area contributed by atoms with Crippen LogP contribution in [0.2, 0.25) is 0 Å². The zero-order valence-electron chi connectivity index (χ0n) is 18.6. The first kappa shape index (κ1) is 23.5. The van der Waals surface area contributed by atoms with Crippen molar-refractivity contribution in [1.29, 1.82) is 0 Å². The fraction of sp³-hybridized carbons (Fsp3) is 0.192. The number of para-hydroxylation sites is 1. The molecule has 7 nitrogen and oxygen atoms in total. The maximum atomic E-state index is 12.2. The van der Waals surface area contributed by atoms with E-state index in [9.17, 15) is 14.4 Å². The van der Waals surface area contributed by atoms with E-state index in [1.807, 2.05) is 67.6 Å². The van der Waals surface area contributed by atoms with E-state index in [1.165, 1.54) is 11.9 Å². The number of nitrogens with one attached hydrogen (secondary N) is 1. The van der Waals surface area contributed by atoms with E-state index in [2.05, 4.69) is 5.32 Å². The number of carbonyl (C=O) groups excluding carboxylic acids is 3. The fourth-order valence-electron chi connectivity index (χ4n) is 3.02. The summed E-state index contributed by atoms with van der Waals surface area (Å²) in [6.45, 7) is 0.975. The molecule has 0 saturated carbocycles. The molecular formula is C26H26N2O5. The van der Waals surface area contributed by atoms with E-state index in [-0.39, 0.29) is 19.1 Å². The summed E-state index contributed by atoms with van der Waals surface area (Å²) in [4.78, 5) is 37.6. The Bertz CT molecular complexity index is 1100. The lowest BCUT2D eigenvalue weighted by Crippen LogP contribution is -2.37. The van der Waals surface area contributed by atoms with Crippen LogP contribution in [-0.4, -0.2) is 49.5 Å². The molecule has 0 heterocycles. The van der Waals surface area contributed by atoms with E-state index >= 15 is 0 Å². The number of hydrogen-bond donors (Lipinski definition) is 1. The molecule has 7 heteroatoms. The van der Waals surface area contributed by atoms with Crippen LogP contribution in [0.25, 0.3) is 11.1 Å². The monoisotopic (exact) mass is 446 g/mol. The molecule has 1 N–H and O–H groups in total. The Morgan fingerprint density at radius 3 is 2.24 bits per heavy atom. The molecule has 3 rings (SSSR count). The van der Waals surface area contributed by atoms with Crippen molar-refractivity contribution in [3.05, 3.63) is 84.4 Å². The molecule has 0 aromatic heterocycles. The number of likely N-dealkylation sites (N-methyl/N-ethyl adjacent to an activating group) is 1. The summed E-state index contributed by atoms with van der Waals surface area (Å²) in [5.74, 6) is -0.977. The molecule has 0 fully saturated rings. The minimum absolute atomic E-state index is 0.161. The maximum Gasteiger partial charge on any atom is 0.344 e. The summed E-state index contributed by atoms with van der Waals surface area (Å²) in [5.41, 5.74) is 3.53. The van der Waals surface area contributed by atoms with Crippen LogP contribution in [-0.2, 0) is 19.1 Å². The van der Waals surface area contributed by atoms with Crippen molar-refractivity contribution in [2.24, 2.45) is 0 Å². The number of anilines is 1. The van der Waals surface area contributed by atoms with Gasteiger partial charge in [0.2, 0.25) is 5.91 Å². The van der Waals surface area contributed by atoms with Gasteiger partial charge in [0.1, 0.15) is 5.75 Å². The molecule has 0 radical (unpaired) electrons. The predicted octanol–water partition coefficient (Wildman–Crippen LogP) is 3.68. The summed E-state index contributed by atoms with van der Waals surface area (Å²) in [6.07, 6.45) is 0. The molecule has 0 saturated heterocycles. The van der Waals surface area contributed by atoms with Crippen LogP contribution in [0.5, 0.6) is 5.75 Å². The Kier molecular flexibility index (Phi) is 8.18. The molecule has 0 atom stereocenters. The van der Waals surface area contributed by atoms with Gasteiger partial charge < -0.3 is 19.7 Å². The summed E-state index contributed by atoms with van der Waals surface area (Å²) >= 11 is 0. The van der Waals surface area contributed by atoms with Gasteiger partial charge in [-0.3, -0.25) is 9.59 Å². The number of rotatable bonds is 9. The van der Waals surface area contributed by atoms with Crippen molar-refractivity contribution in [2.45, 2.75) is 6.92 Å². The zero-order chi connectivity index (χ0) is 23.6. The topological polar surface area (TPSA) is 84.9 Å². The Labute approximate surface area is 192 Å². The lowest BCUT2D eigenvalue weighted by atomic mass is 10.1. The largest absolute Gasteiger partial charge is 0.481 e. The van der Waals surface area contributed by atoms with Gasteiger partial charge in [-0.2, -0.15) is 0 Å². The van der Waals surface area contributed by atoms with E-state index in [1.54, 1.807) is 18.2 Å². The number of aryl methyl sites for hydroxylation is 1. The van der Waals surface area contributed by atoms with Gasteiger partial charge in [-0.1, -0.05) is 66.2 Å². The molecule has 0 spiro atoms. The van der Waals surface area contributed by atoms with Gasteiger partial charge in [0.25, 0.3) is 5.91 Å². The van der Waals surface area contributed by atoms with Crippen LogP contribution >= 0.6 is 0 Å². The molecule has 0 unspecified atom stereocenters. The van der Waals surface area contributed by atoms with E-state index < -0.39 is 18.5 Å². The van der Waals surface area contributed by atoms with Crippen LogP contribution in [0.1, 0.15) is 5.56 Å². The van der Waals surface area contributed by atoms with Gasteiger partial charge >= 0.3 is 5.97 Å². The van der Waals surface area contributed by atoms with Crippen LogP contribution in [0.15, 0.2) is 78.9 Å². The predicted molar refractivity (Wildman–Crippen MR) is 126 cm³/mol. The third-order valence-electron chi connectivity index (χ3n) is 4.82. The third kappa shape index (κ3) is 7.21. The highest BCUT2D eigenvalue weighted by Gasteiger charge is 2.16. The maximum absolute atomic E-state index is 12.2. The highest BCUT2D eigenvalue weighted by atomic mass is 16.6. The Balaban J connectivity index is 1.44. The van der Waals surface area contributed by atoms with E-state index in [4.69, 9.17) is 9.47 Å². The minimum atomic E-state index is -0.677.